The number of nitrogens with zero attached hydrogens (tertiary/aromatic N) is 3. The number of carbonyl (C=O) groups is 1. The Morgan fingerprint density at radius 1 is 1.14 bits per heavy atom. The number of halogens is 2. The number of carbonyl (C=O) groups excluding carboxylic acids is 1. The fraction of sp³-hybridized carbons (Fsp3) is 0.333. The van der Waals surface area contributed by atoms with E-state index in [1.54, 1.807) is 24.3 Å². The molecule has 154 valence electrons. The van der Waals surface area contributed by atoms with Crippen LogP contribution >= 0.6 is 11.3 Å². The lowest BCUT2D eigenvalue weighted by Gasteiger charge is -2.24. The number of hydrogen-bond donors (Lipinski definition) is 0. The summed E-state index contributed by atoms with van der Waals surface area (Å²) >= 11 is 1.10. The average Bonchev–Trinajstić information content (AvgIpc) is 3.15. The minimum Gasteiger partial charge on any atom is -0.497 e. The van der Waals surface area contributed by atoms with Gasteiger partial charge in [-0.3, -0.25) is 9.69 Å². The van der Waals surface area contributed by atoms with E-state index in [1.165, 1.54) is 18.1 Å². The smallest absolute Gasteiger partial charge is 0.260 e. The van der Waals surface area contributed by atoms with Crippen LogP contribution in [-0.2, 0) is 0 Å². The molecule has 5 nitrogen and oxygen atoms in total. The minimum absolute atomic E-state index is 0.0673. The number of likely N-dealkylation sites (N-methyl/N-ethyl adjacent to an activating group) is 1. The van der Waals surface area contributed by atoms with E-state index >= 15 is 0 Å². The van der Waals surface area contributed by atoms with Crippen LogP contribution < -0.4 is 9.64 Å². The van der Waals surface area contributed by atoms with Gasteiger partial charge < -0.3 is 9.64 Å². The van der Waals surface area contributed by atoms with E-state index in [0.717, 1.165) is 30.5 Å². The summed E-state index contributed by atoms with van der Waals surface area (Å²) in [5, 5.41) is 0.337. The molecule has 0 aliphatic rings. The van der Waals surface area contributed by atoms with Crippen LogP contribution in [-0.4, -0.2) is 49.1 Å². The lowest BCUT2D eigenvalue weighted by atomic mass is 10.2. The molecule has 8 heteroatoms. The predicted molar refractivity (Wildman–Crippen MR) is 112 cm³/mol. The monoisotopic (exact) mass is 419 g/mol. The van der Waals surface area contributed by atoms with Gasteiger partial charge in [0.1, 0.15) is 17.1 Å². The quantitative estimate of drug-likeness (QED) is 0.537. The standard InChI is InChI=1S/C21H23F2N3O2S/c1-4-25(5-2)9-10-26(20(27)14-7-6-8-16(11-14)28-3)21-24-19-17(23)12-15(22)13-18(19)29-21/h6-8,11-13H,4-5,9-10H2,1-3H3. The molecule has 3 rings (SSSR count). The zero-order chi connectivity index (χ0) is 21.0. The predicted octanol–water partition coefficient (Wildman–Crippen LogP) is 4.57. The molecule has 1 heterocycles. The highest BCUT2D eigenvalue weighted by atomic mass is 32.1. The molecule has 0 spiro atoms. The lowest BCUT2D eigenvalue weighted by molar-refractivity contribution is 0.0983. The van der Waals surface area contributed by atoms with E-state index in [4.69, 9.17) is 4.74 Å². The molecule has 0 saturated carbocycles. The van der Waals surface area contributed by atoms with Gasteiger partial charge in [-0.05, 0) is 37.4 Å². The van der Waals surface area contributed by atoms with Crippen LogP contribution in [0.2, 0.25) is 0 Å². The van der Waals surface area contributed by atoms with Crippen LogP contribution in [0.15, 0.2) is 36.4 Å². The maximum Gasteiger partial charge on any atom is 0.260 e. The van der Waals surface area contributed by atoms with Crippen molar-refractivity contribution in [2.45, 2.75) is 13.8 Å². The first kappa shape index (κ1) is 21.1. The van der Waals surface area contributed by atoms with Gasteiger partial charge in [0, 0.05) is 24.7 Å². The molecule has 2 aromatic carbocycles. The van der Waals surface area contributed by atoms with Gasteiger partial charge in [0.2, 0.25) is 0 Å². The van der Waals surface area contributed by atoms with Gasteiger partial charge in [0.15, 0.2) is 10.9 Å². The normalized spacial score (nSPS) is 11.2. The molecular weight excluding hydrogens is 396 g/mol. The zero-order valence-corrected chi connectivity index (χ0v) is 17.4. The Hall–Kier alpha value is -2.58. The number of fused-ring (bicyclic) bond motifs is 1. The van der Waals surface area contributed by atoms with Crippen molar-refractivity contribution in [2.75, 3.05) is 38.2 Å². The van der Waals surface area contributed by atoms with Crippen LogP contribution in [0.5, 0.6) is 5.75 Å². The van der Waals surface area contributed by atoms with Crippen LogP contribution in [0.25, 0.3) is 10.2 Å². The van der Waals surface area contributed by atoms with Crippen molar-refractivity contribution in [1.82, 2.24) is 9.88 Å². The summed E-state index contributed by atoms with van der Waals surface area (Å²) in [6, 6.07) is 8.88. The van der Waals surface area contributed by atoms with E-state index in [2.05, 4.69) is 9.88 Å². The van der Waals surface area contributed by atoms with Gasteiger partial charge in [-0.15, -0.1) is 0 Å². The molecule has 29 heavy (non-hydrogen) atoms. The van der Waals surface area contributed by atoms with Crippen molar-refractivity contribution in [3.05, 3.63) is 53.6 Å². The van der Waals surface area contributed by atoms with Crippen molar-refractivity contribution >= 4 is 32.6 Å². The number of aromatic nitrogens is 1. The number of benzene rings is 2. The molecule has 0 aliphatic heterocycles. The first-order valence-electron chi connectivity index (χ1n) is 9.40. The zero-order valence-electron chi connectivity index (χ0n) is 16.6. The molecule has 0 radical (unpaired) electrons. The van der Waals surface area contributed by atoms with Crippen LogP contribution in [0.4, 0.5) is 13.9 Å². The Morgan fingerprint density at radius 2 is 1.90 bits per heavy atom. The van der Waals surface area contributed by atoms with Gasteiger partial charge in [0.05, 0.1) is 11.8 Å². The van der Waals surface area contributed by atoms with Gasteiger partial charge in [-0.25, -0.2) is 13.8 Å². The van der Waals surface area contributed by atoms with Crippen molar-refractivity contribution in [1.29, 1.82) is 0 Å². The van der Waals surface area contributed by atoms with E-state index in [0.29, 0.717) is 34.2 Å². The highest BCUT2D eigenvalue weighted by molar-refractivity contribution is 7.22. The maximum atomic E-state index is 14.1. The fourth-order valence-corrected chi connectivity index (χ4v) is 4.07. The van der Waals surface area contributed by atoms with Gasteiger partial charge in [-0.1, -0.05) is 31.3 Å². The Balaban J connectivity index is 2.00. The second-order valence-corrected chi connectivity index (χ2v) is 7.46. The van der Waals surface area contributed by atoms with E-state index < -0.39 is 11.6 Å². The largest absolute Gasteiger partial charge is 0.497 e. The summed E-state index contributed by atoms with van der Waals surface area (Å²) in [6.45, 7) is 6.80. The molecule has 0 bridgehead atoms. The molecule has 0 fully saturated rings. The van der Waals surface area contributed by atoms with Crippen LogP contribution in [0, 0.1) is 11.6 Å². The number of ether oxygens (including phenoxy) is 1. The fourth-order valence-electron chi connectivity index (χ4n) is 3.04. The maximum absolute atomic E-state index is 14.1. The van der Waals surface area contributed by atoms with Crippen molar-refractivity contribution in [2.24, 2.45) is 0 Å². The number of anilines is 1. The summed E-state index contributed by atoms with van der Waals surface area (Å²) in [6.07, 6.45) is 0. The summed E-state index contributed by atoms with van der Waals surface area (Å²) in [5.74, 6) is -1.10. The highest BCUT2D eigenvalue weighted by Crippen LogP contribution is 2.32. The Kier molecular flexibility index (Phi) is 6.76. The number of thiazole rings is 1. The topological polar surface area (TPSA) is 45.7 Å². The first-order chi connectivity index (χ1) is 14.0. The molecule has 3 aromatic rings. The van der Waals surface area contributed by atoms with Crippen LogP contribution in [0.3, 0.4) is 0 Å². The van der Waals surface area contributed by atoms with Crippen molar-refractivity contribution in [3.8, 4) is 5.75 Å². The van der Waals surface area contributed by atoms with Crippen LogP contribution in [0.1, 0.15) is 24.2 Å². The van der Waals surface area contributed by atoms with Gasteiger partial charge in [-0.2, -0.15) is 0 Å². The third kappa shape index (κ3) is 4.71. The third-order valence-corrected chi connectivity index (χ3v) is 5.75. The van der Waals surface area contributed by atoms with E-state index in [9.17, 15) is 13.6 Å². The van der Waals surface area contributed by atoms with Crippen molar-refractivity contribution in [3.63, 3.8) is 0 Å². The van der Waals surface area contributed by atoms with E-state index in [-0.39, 0.29) is 11.4 Å². The number of amides is 1. The molecule has 1 aromatic heterocycles. The first-order valence-corrected chi connectivity index (χ1v) is 10.2. The second-order valence-electron chi connectivity index (χ2n) is 6.45. The van der Waals surface area contributed by atoms with Gasteiger partial charge >= 0.3 is 0 Å². The SMILES string of the molecule is CCN(CC)CCN(C(=O)c1cccc(OC)c1)c1nc2c(F)cc(F)cc2s1. The number of rotatable bonds is 8. The summed E-state index contributed by atoms with van der Waals surface area (Å²) in [5.41, 5.74) is 0.507. The van der Waals surface area contributed by atoms with Gasteiger partial charge in [0.25, 0.3) is 5.91 Å². The second kappa shape index (κ2) is 9.28. The molecule has 0 N–H and O–H groups in total. The summed E-state index contributed by atoms with van der Waals surface area (Å²) in [4.78, 5) is 21.3. The minimum atomic E-state index is -0.736. The number of hydrogen-bond acceptors (Lipinski definition) is 5. The molecule has 0 atom stereocenters. The van der Waals surface area contributed by atoms with Crippen molar-refractivity contribution < 1.29 is 18.3 Å². The summed E-state index contributed by atoms with van der Waals surface area (Å²) < 4.78 is 33.3. The third-order valence-electron chi connectivity index (χ3n) is 4.73. The Morgan fingerprint density at radius 3 is 2.59 bits per heavy atom. The molecular formula is C21H23F2N3O2S. The Bertz CT molecular complexity index is 1000. The average molecular weight is 419 g/mol. The number of methoxy groups -OCH3 is 1. The molecule has 0 unspecified atom stereocenters. The summed E-state index contributed by atoms with van der Waals surface area (Å²) in [7, 11) is 1.53. The highest BCUT2D eigenvalue weighted by Gasteiger charge is 2.23. The molecule has 0 aliphatic carbocycles. The molecule has 0 saturated heterocycles. The van der Waals surface area contributed by atoms with E-state index in [1.807, 2.05) is 13.8 Å². The molecule has 1 amide bonds. The lowest BCUT2D eigenvalue weighted by Crippen LogP contribution is -2.38. The Labute approximate surface area is 172 Å².